The van der Waals surface area contributed by atoms with Crippen molar-refractivity contribution >= 4 is 46.8 Å². The van der Waals surface area contributed by atoms with E-state index >= 15 is 0 Å². The molecule has 5 nitrogen and oxygen atoms in total. The summed E-state index contributed by atoms with van der Waals surface area (Å²) in [6, 6.07) is 9.68. The number of amides is 2. The summed E-state index contributed by atoms with van der Waals surface area (Å²) in [5.41, 5.74) is 1.50. The molecule has 1 heterocycles. The van der Waals surface area contributed by atoms with Crippen LogP contribution in [0.4, 0.5) is 4.39 Å². The van der Waals surface area contributed by atoms with E-state index in [1.165, 1.54) is 12.1 Å². The van der Waals surface area contributed by atoms with E-state index < -0.39 is 11.8 Å². The van der Waals surface area contributed by atoms with Crippen molar-refractivity contribution in [1.29, 1.82) is 0 Å². The van der Waals surface area contributed by atoms with E-state index in [0.29, 0.717) is 34.1 Å². The van der Waals surface area contributed by atoms with Crippen LogP contribution >= 0.6 is 23.8 Å². The highest BCUT2D eigenvalue weighted by atomic mass is 35.5. The summed E-state index contributed by atoms with van der Waals surface area (Å²) in [4.78, 5) is 24.1. The third-order valence-electron chi connectivity index (χ3n) is 4.06. The summed E-state index contributed by atoms with van der Waals surface area (Å²) in [5.74, 6) is -1.08. The van der Waals surface area contributed by atoms with Crippen molar-refractivity contribution in [2.24, 2.45) is 0 Å². The number of hydrogen-bond donors (Lipinski definition) is 2. The smallest absolute Gasteiger partial charge is 0.263 e. The summed E-state index contributed by atoms with van der Waals surface area (Å²) >= 11 is 11.2. The Hall–Kier alpha value is -2.77. The standard InChI is InChI=1S/C20H16ClFN2O3S/c1-2-27-17-9-11(7-14-18(25)23-20(28)24-19(14)26)8-15(21)13(17)10-12-5-3-4-6-16(12)22/h3-9H,2,10H2,1H3,(H2,23,24,25,26,28). The average molecular weight is 419 g/mol. The first-order chi connectivity index (χ1) is 13.4. The molecule has 144 valence electrons. The molecular formula is C20H16ClFN2O3S. The van der Waals surface area contributed by atoms with Gasteiger partial charge in [0.1, 0.15) is 17.1 Å². The Morgan fingerprint density at radius 2 is 1.86 bits per heavy atom. The maximum absolute atomic E-state index is 14.0. The van der Waals surface area contributed by atoms with Crippen LogP contribution in [0.1, 0.15) is 23.6 Å². The van der Waals surface area contributed by atoms with E-state index in [4.69, 9.17) is 28.6 Å². The molecule has 0 radical (unpaired) electrons. The second-order valence-corrected chi connectivity index (χ2v) is 6.79. The Bertz CT molecular complexity index is 985. The topological polar surface area (TPSA) is 67.4 Å². The van der Waals surface area contributed by atoms with Gasteiger partial charge in [0.05, 0.1) is 6.61 Å². The molecule has 0 saturated carbocycles. The van der Waals surface area contributed by atoms with Gasteiger partial charge in [-0.05, 0) is 54.5 Å². The molecule has 3 rings (SSSR count). The minimum absolute atomic E-state index is 0.0413. The first-order valence-electron chi connectivity index (χ1n) is 8.46. The van der Waals surface area contributed by atoms with Gasteiger partial charge >= 0.3 is 0 Å². The number of halogens is 2. The molecule has 1 saturated heterocycles. The van der Waals surface area contributed by atoms with Crippen molar-refractivity contribution in [3.05, 3.63) is 69.5 Å². The Kier molecular flexibility index (Phi) is 6.06. The lowest BCUT2D eigenvalue weighted by molar-refractivity contribution is -0.123. The first kappa shape index (κ1) is 20.0. The zero-order valence-electron chi connectivity index (χ0n) is 14.8. The average Bonchev–Trinajstić information content (AvgIpc) is 2.63. The van der Waals surface area contributed by atoms with Crippen molar-refractivity contribution < 1.29 is 18.7 Å². The largest absolute Gasteiger partial charge is 0.494 e. The van der Waals surface area contributed by atoms with Crippen molar-refractivity contribution in [1.82, 2.24) is 10.6 Å². The van der Waals surface area contributed by atoms with Gasteiger partial charge in [0.25, 0.3) is 11.8 Å². The highest BCUT2D eigenvalue weighted by Gasteiger charge is 2.26. The predicted octanol–water partition coefficient (Wildman–Crippen LogP) is 3.38. The molecule has 2 amide bonds. The summed E-state index contributed by atoms with van der Waals surface area (Å²) < 4.78 is 19.7. The molecule has 0 aliphatic carbocycles. The zero-order chi connectivity index (χ0) is 20.3. The highest BCUT2D eigenvalue weighted by Crippen LogP contribution is 2.32. The van der Waals surface area contributed by atoms with E-state index in [1.807, 2.05) is 6.92 Å². The van der Waals surface area contributed by atoms with Gasteiger partial charge in [0.15, 0.2) is 5.11 Å². The van der Waals surface area contributed by atoms with Crippen molar-refractivity contribution in [3.8, 4) is 5.75 Å². The Labute approximate surface area is 171 Å². The third kappa shape index (κ3) is 4.37. The molecule has 1 fully saturated rings. The SMILES string of the molecule is CCOc1cc(C=C2C(=O)NC(=S)NC2=O)cc(Cl)c1Cc1ccccc1F. The van der Waals surface area contributed by atoms with E-state index in [9.17, 15) is 14.0 Å². The molecule has 2 aromatic carbocycles. The minimum Gasteiger partial charge on any atom is -0.494 e. The second-order valence-electron chi connectivity index (χ2n) is 5.98. The van der Waals surface area contributed by atoms with Crippen LogP contribution in [0.5, 0.6) is 5.75 Å². The lowest BCUT2D eigenvalue weighted by atomic mass is 10.00. The van der Waals surface area contributed by atoms with Crippen molar-refractivity contribution in [2.45, 2.75) is 13.3 Å². The second kappa shape index (κ2) is 8.50. The van der Waals surface area contributed by atoms with Crippen LogP contribution in [0, 0.1) is 5.82 Å². The first-order valence-corrected chi connectivity index (χ1v) is 9.24. The molecule has 8 heteroatoms. The summed E-state index contributed by atoms with van der Waals surface area (Å²) in [6.07, 6.45) is 1.64. The van der Waals surface area contributed by atoms with Crippen molar-refractivity contribution in [3.63, 3.8) is 0 Å². The normalized spacial score (nSPS) is 13.8. The molecule has 0 atom stereocenters. The summed E-state index contributed by atoms with van der Waals surface area (Å²) in [7, 11) is 0. The fourth-order valence-corrected chi connectivity index (χ4v) is 3.25. The van der Waals surface area contributed by atoms with Crippen LogP contribution in [-0.4, -0.2) is 23.5 Å². The summed E-state index contributed by atoms with van der Waals surface area (Å²) in [6.45, 7) is 2.19. The maximum atomic E-state index is 14.0. The molecule has 28 heavy (non-hydrogen) atoms. The fourth-order valence-electron chi connectivity index (χ4n) is 2.78. The lowest BCUT2D eigenvalue weighted by Crippen LogP contribution is -2.51. The summed E-state index contributed by atoms with van der Waals surface area (Å²) in [5, 5.41) is 5.04. The Morgan fingerprint density at radius 3 is 2.50 bits per heavy atom. The molecular weight excluding hydrogens is 403 g/mol. The van der Waals surface area contributed by atoms with E-state index in [0.717, 1.165) is 0 Å². The van der Waals surface area contributed by atoms with Gasteiger partial charge in [-0.25, -0.2) is 4.39 Å². The lowest BCUT2D eigenvalue weighted by Gasteiger charge is -2.17. The highest BCUT2D eigenvalue weighted by molar-refractivity contribution is 7.80. The van der Waals surface area contributed by atoms with Crippen LogP contribution in [0.15, 0.2) is 42.0 Å². The Balaban J connectivity index is 2.00. The number of hydrogen-bond acceptors (Lipinski definition) is 4. The monoisotopic (exact) mass is 418 g/mol. The number of rotatable bonds is 5. The van der Waals surface area contributed by atoms with Crippen molar-refractivity contribution in [2.75, 3.05) is 6.61 Å². The van der Waals surface area contributed by atoms with Gasteiger partial charge in [0.2, 0.25) is 0 Å². The molecule has 1 aliphatic rings. The van der Waals surface area contributed by atoms with Gasteiger partial charge in [-0.1, -0.05) is 29.8 Å². The number of nitrogens with one attached hydrogen (secondary N) is 2. The number of benzene rings is 2. The number of ether oxygens (including phenoxy) is 1. The van der Waals surface area contributed by atoms with E-state index in [-0.39, 0.29) is 22.9 Å². The van der Waals surface area contributed by atoms with Gasteiger partial charge in [0, 0.05) is 17.0 Å². The number of carbonyl (C=O) groups is 2. The minimum atomic E-state index is -0.599. The van der Waals surface area contributed by atoms with Gasteiger partial charge in [-0.3, -0.25) is 20.2 Å². The van der Waals surface area contributed by atoms with Crippen LogP contribution in [0.3, 0.4) is 0 Å². The predicted molar refractivity (Wildman–Crippen MR) is 109 cm³/mol. The molecule has 0 bridgehead atoms. The van der Waals surface area contributed by atoms with E-state index in [1.54, 1.807) is 30.3 Å². The third-order valence-corrected chi connectivity index (χ3v) is 4.60. The molecule has 2 N–H and O–H groups in total. The van der Waals surface area contributed by atoms with Crippen LogP contribution in [0.25, 0.3) is 6.08 Å². The van der Waals surface area contributed by atoms with Gasteiger partial charge in [-0.2, -0.15) is 0 Å². The molecule has 0 spiro atoms. The van der Waals surface area contributed by atoms with Crippen LogP contribution < -0.4 is 15.4 Å². The quantitative estimate of drug-likeness (QED) is 0.444. The number of thiocarbonyl (C=S) groups is 1. The number of carbonyl (C=O) groups excluding carboxylic acids is 2. The molecule has 0 unspecified atom stereocenters. The zero-order valence-corrected chi connectivity index (χ0v) is 16.4. The van der Waals surface area contributed by atoms with Gasteiger partial charge in [-0.15, -0.1) is 0 Å². The fraction of sp³-hybridized carbons (Fsp3) is 0.150. The molecule has 2 aromatic rings. The van der Waals surface area contributed by atoms with Crippen LogP contribution in [0.2, 0.25) is 5.02 Å². The molecule has 1 aliphatic heterocycles. The van der Waals surface area contributed by atoms with Crippen LogP contribution in [-0.2, 0) is 16.0 Å². The van der Waals surface area contributed by atoms with E-state index in [2.05, 4.69) is 10.6 Å². The molecule has 0 aromatic heterocycles. The van der Waals surface area contributed by atoms with Gasteiger partial charge < -0.3 is 4.74 Å². The Morgan fingerprint density at radius 1 is 1.18 bits per heavy atom. The maximum Gasteiger partial charge on any atom is 0.263 e.